The van der Waals surface area contributed by atoms with Gasteiger partial charge in [-0.1, -0.05) is 12.1 Å². The third-order valence-corrected chi connectivity index (χ3v) is 4.14. The molecular weight excluding hydrogens is 374 g/mol. The van der Waals surface area contributed by atoms with E-state index < -0.39 is 23.2 Å². The second-order valence-corrected chi connectivity index (χ2v) is 6.38. The van der Waals surface area contributed by atoms with Crippen LogP contribution in [-0.2, 0) is 6.18 Å². The number of hydrogen-bond acceptors (Lipinski definition) is 5. The van der Waals surface area contributed by atoms with Gasteiger partial charge < -0.3 is 10.6 Å². The molecule has 5 nitrogen and oxygen atoms in total. The van der Waals surface area contributed by atoms with Crippen molar-refractivity contribution in [3.8, 4) is 11.4 Å². The van der Waals surface area contributed by atoms with Gasteiger partial charge in [0, 0.05) is 18.3 Å². The molecule has 0 saturated heterocycles. The van der Waals surface area contributed by atoms with E-state index in [4.69, 9.17) is 0 Å². The molecule has 0 radical (unpaired) electrons. The number of para-hydroxylation sites is 1. The Kier molecular flexibility index (Phi) is 4.58. The zero-order chi connectivity index (χ0) is 19.7. The van der Waals surface area contributed by atoms with E-state index in [1.54, 1.807) is 24.4 Å². The number of rotatable bonds is 5. The molecule has 0 bridgehead atoms. The van der Waals surface area contributed by atoms with Gasteiger partial charge in [0.1, 0.15) is 11.6 Å². The Morgan fingerprint density at radius 1 is 0.964 bits per heavy atom. The minimum absolute atomic E-state index is 0.0365. The second-order valence-electron chi connectivity index (χ2n) is 6.38. The van der Waals surface area contributed by atoms with Crippen molar-refractivity contribution in [1.82, 2.24) is 15.0 Å². The van der Waals surface area contributed by atoms with Crippen molar-refractivity contribution in [2.24, 2.45) is 0 Å². The zero-order valence-corrected chi connectivity index (χ0v) is 14.5. The van der Waals surface area contributed by atoms with Gasteiger partial charge >= 0.3 is 6.18 Å². The summed E-state index contributed by atoms with van der Waals surface area (Å²) in [7, 11) is 0. The molecule has 28 heavy (non-hydrogen) atoms. The first-order valence-electron chi connectivity index (χ1n) is 8.60. The van der Waals surface area contributed by atoms with Crippen molar-refractivity contribution >= 4 is 17.5 Å². The number of hydrogen-bond donors (Lipinski definition) is 2. The van der Waals surface area contributed by atoms with Crippen molar-refractivity contribution in [3.05, 3.63) is 60.0 Å². The van der Waals surface area contributed by atoms with Crippen LogP contribution in [0.25, 0.3) is 11.4 Å². The summed E-state index contributed by atoms with van der Waals surface area (Å²) >= 11 is 0. The Hall–Kier alpha value is -3.23. The number of nitrogens with zero attached hydrogens (tertiary/aromatic N) is 3. The smallest absolute Gasteiger partial charge is 0.351 e. The number of pyridine rings is 1. The Labute approximate surface area is 157 Å². The topological polar surface area (TPSA) is 62.7 Å². The zero-order valence-electron chi connectivity index (χ0n) is 14.5. The summed E-state index contributed by atoms with van der Waals surface area (Å²) in [5.74, 6) is -0.739. The molecule has 2 aromatic heterocycles. The van der Waals surface area contributed by atoms with Gasteiger partial charge in [0.15, 0.2) is 0 Å². The maximum Gasteiger partial charge on any atom is 0.418 e. The Balaban J connectivity index is 1.76. The van der Waals surface area contributed by atoms with Crippen molar-refractivity contribution in [3.63, 3.8) is 0 Å². The molecule has 4 rings (SSSR count). The van der Waals surface area contributed by atoms with Gasteiger partial charge in [-0.25, -0.2) is 9.37 Å². The maximum atomic E-state index is 14.2. The van der Waals surface area contributed by atoms with Gasteiger partial charge in [0.05, 0.1) is 22.6 Å². The molecule has 1 fully saturated rings. The van der Waals surface area contributed by atoms with E-state index in [9.17, 15) is 17.6 Å². The van der Waals surface area contributed by atoms with Crippen LogP contribution in [0.15, 0.2) is 48.7 Å². The number of anilines is 3. The molecule has 1 aliphatic rings. The van der Waals surface area contributed by atoms with Gasteiger partial charge in [-0.15, -0.1) is 0 Å². The van der Waals surface area contributed by atoms with E-state index in [0.29, 0.717) is 11.4 Å². The average molecular weight is 389 g/mol. The summed E-state index contributed by atoms with van der Waals surface area (Å²) in [6.07, 6.45) is -1.20. The van der Waals surface area contributed by atoms with Gasteiger partial charge in [-0.2, -0.15) is 18.2 Å². The summed E-state index contributed by atoms with van der Waals surface area (Å²) in [6.45, 7) is 0. The van der Waals surface area contributed by atoms with Crippen molar-refractivity contribution < 1.29 is 17.6 Å². The molecule has 144 valence electrons. The van der Waals surface area contributed by atoms with Crippen LogP contribution in [0.5, 0.6) is 0 Å². The van der Waals surface area contributed by atoms with Crippen LogP contribution in [0.3, 0.4) is 0 Å². The van der Waals surface area contributed by atoms with Crippen molar-refractivity contribution in [1.29, 1.82) is 0 Å². The van der Waals surface area contributed by atoms with E-state index >= 15 is 0 Å². The summed E-state index contributed by atoms with van der Waals surface area (Å²) in [5.41, 5.74) is -0.859. The molecule has 0 amide bonds. The average Bonchev–Trinajstić information content (AvgIpc) is 3.47. The van der Waals surface area contributed by atoms with E-state index in [1.165, 1.54) is 6.07 Å². The molecule has 0 aliphatic heterocycles. The van der Waals surface area contributed by atoms with Crippen LogP contribution in [-0.4, -0.2) is 21.0 Å². The molecule has 2 heterocycles. The fourth-order valence-corrected chi connectivity index (χ4v) is 2.65. The van der Waals surface area contributed by atoms with Crippen molar-refractivity contribution in [2.75, 3.05) is 10.6 Å². The monoisotopic (exact) mass is 389 g/mol. The molecule has 1 saturated carbocycles. The van der Waals surface area contributed by atoms with Crippen LogP contribution in [0.2, 0.25) is 0 Å². The Morgan fingerprint density at radius 3 is 2.46 bits per heavy atom. The van der Waals surface area contributed by atoms with Crippen LogP contribution in [0.1, 0.15) is 18.4 Å². The number of aromatic nitrogens is 3. The van der Waals surface area contributed by atoms with Crippen LogP contribution >= 0.6 is 0 Å². The van der Waals surface area contributed by atoms with Crippen LogP contribution < -0.4 is 10.6 Å². The highest BCUT2D eigenvalue weighted by Gasteiger charge is 2.35. The summed E-state index contributed by atoms with van der Waals surface area (Å²) < 4.78 is 54.0. The normalized spacial score (nSPS) is 14.0. The lowest BCUT2D eigenvalue weighted by Crippen LogP contribution is -2.12. The van der Waals surface area contributed by atoms with Gasteiger partial charge in [0.25, 0.3) is 0 Å². The minimum Gasteiger partial charge on any atom is -0.351 e. The first-order chi connectivity index (χ1) is 13.4. The van der Waals surface area contributed by atoms with Gasteiger partial charge in [-0.3, -0.25) is 4.98 Å². The molecule has 0 spiro atoms. The fraction of sp³-hybridized carbons (Fsp3) is 0.211. The lowest BCUT2D eigenvalue weighted by atomic mass is 10.1. The molecule has 3 aromatic rings. The third kappa shape index (κ3) is 4.03. The lowest BCUT2D eigenvalue weighted by molar-refractivity contribution is -0.137. The molecule has 1 aromatic carbocycles. The third-order valence-electron chi connectivity index (χ3n) is 4.14. The van der Waals surface area contributed by atoms with E-state index in [-0.39, 0.29) is 17.8 Å². The summed E-state index contributed by atoms with van der Waals surface area (Å²) in [4.78, 5) is 12.8. The first-order valence-corrected chi connectivity index (χ1v) is 8.60. The lowest BCUT2D eigenvalue weighted by Gasteiger charge is -2.16. The standard InChI is InChI=1S/C19H15F4N5/c20-13-5-3-4-12(19(21,22)23)17(13)27-16-10-15(14-6-1-2-9-24-14)26-18(28-16)25-11-7-8-11/h1-6,9-11H,7-8H2,(H2,25,26,27,28). The Morgan fingerprint density at radius 2 is 1.79 bits per heavy atom. The number of alkyl halides is 3. The summed E-state index contributed by atoms with van der Waals surface area (Å²) in [5, 5.41) is 5.58. The van der Waals surface area contributed by atoms with Crippen LogP contribution in [0.4, 0.5) is 35.0 Å². The highest BCUT2D eigenvalue weighted by molar-refractivity contribution is 5.67. The number of nitrogens with one attached hydrogen (secondary N) is 2. The van der Waals surface area contributed by atoms with E-state index in [1.807, 2.05) is 0 Å². The van der Waals surface area contributed by atoms with Crippen molar-refractivity contribution in [2.45, 2.75) is 25.1 Å². The number of halogens is 4. The number of benzene rings is 1. The molecular formula is C19H15F4N5. The minimum atomic E-state index is -4.71. The highest BCUT2D eigenvalue weighted by Crippen LogP contribution is 2.37. The predicted octanol–water partition coefficient (Wildman–Crippen LogP) is 5.01. The predicted molar refractivity (Wildman–Crippen MR) is 96.6 cm³/mol. The van der Waals surface area contributed by atoms with E-state index in [0.717, 1.165) is 31.0 Å². The molecule has 0 unspecified atom stereocenters. The highest BCUT2D eigenvalue weighted by atomic mass is 19.4. The quantitative estimate of drug-likeness (QED) is 0.601. The van der Waals surface area contributed by atoms with Gasteiger partial charge in [-0.05, 0) is 37.1 Å². The molecule has 9 heteroatoms. The first kappa shape index (κ1) is 18.1. The van der Waals surface area contributed by atoms with E-state index in [2.05, 4.69) is 25.6 Å². The molecule has 1 aliphatic carbocycles. The largest absolute Gasteiger partial charge is 0.418 e. The second kappa shape index (κ2) is 7.06. The fourth-order valence-electron chi connectivity index (χ4n) is 2.65. The Bertz CT molecular complexity index is 987. The van der Waals surface area contributed by atoms with Gasteiger partial charge in [0.2, 0.25) is 5.95 Å². The summed E-state index contributed by atoms with van der Waals surface area (Å²) in [6, 6.07) is 9.68. The maximum absolute atomic E-state index is 14.2. The SMILES string of the molecule is Fc1cccc(C(F)(F)F)c1Nc1cc(-c2ccccn2)nc(NC2CC2)n1. The molecule has 0 atom stereocenters. The van der Waals surface area contributed by atoms with Crippen LogP contribution in [0, 0.1) is 5.82 Å². The molecule has 2 N–H and O–H groups in total.